The van der Waals surface area contributed by atoms with Gasteiger partial charge in [0.1, 0.15) is 17.6 Å². The molecule has 12 heteroatoms. The lowest BCUT2D eigenvalue weighted by atomic mass is 9.72. The molecule has 0 spiro atoms. The third kappa shape index (κ3) is 6.55. The molecule has 1 aliphatic carbocycles. The van der Waals surface area contributed by atoms with Crippen molar-refractivity contribution >= 4 is 5.91 Å². The molecule has 1 aromatic heterocycles. The molecule has 1 aliphatic rings. The molecule has 0 saturated heterocycles. The maximum absolute atomic E-state index is 13.4. The average Bonchev–Trinajstić information content (AvgIpc) is 3.26. The standard InChI is InChI=1S/C28H32F5N5O2/c1-5-22-37-23(24(39)36-16-27(15-35)10-8-17(2)9-11-27)20(14-34)38(22)19-7-6-18(12-21(19)40-25(29)30)13-26(3,4)28(31,32)33/h6-7,12,17,25H,5,8-11,13,16H2,1-4H3,(H,36,39). The number of nitriles is 2. The molecule has 0 bridgehead atoms. The zero-order valence-electron chi connectivity index (χ0n) is 22.8. The smallest absolute Gasteiger partial charge is 0.394 e. The van der Waals surface area contributed by atoms with Crippen LogP contribution in [-0.2, 0) is 12.8 Å². The van der Waals surface area contributed by atoms with Gasteiger partial charge in [0.2, 0.25) is 0 Å². The zero-order valence-corrected chi connectivity index (χ0v) is 22.8. The van der Waals surface area contributed by atoms with Gasteiger partial charge in [0.05, 0.1) is 22.6 Å². The van der Waals surface area contributed by atoms with Crippen LogP contribution in [0.5, 0.6) is 5.75 Å². The summed E-state index contributed by atoms with van der Waals surface area (Å²) in [6.45, 7) is 2.56. The molecular formula is C28H32F5N5O2. The van der Waals surface area contributed by atoms with Crippen molar-refractivity contribution in [1.82, 2.24) is 14.9 Å². The molecule has 7 nitrogen and oxygen atoms in total. The van der Waals surface area contributed by atoms with Crippen LogP contribution < -0.4 is 10.1 Å². The van der Waals surface area contributed by atoms with Gasteiger partial charge in [-0.2, -0.15) is 32.5 Å². The predicted molar refractivity (Wildman–Crippen MR) is 136 cm³/mol. The van der Waals surface area contributed by atoms with Crippen LogP contribution in [-0.4, -0.2) is 34.8 Å². The van der Waals surface area contributed by atoms with E-state index < -0.39 is 41.7 Å². The van der Waals surface area contributed by atoms with Crippen LogP contribution in [0.1, 0.15) is 80.9 Å². The maximum atomic E-state index is 13.4. The van der Waals surface area contributed by atoms with Gasteiger partial charge >= 0.3 is 12.8 Å². The molecule has 1 fully saturated rings. The summed E-state index contributed by atoms with van der Waals surface area (Å²) in [5, 5.41) is 22.5. The van der Waals surface area contributed by atoms with E-state index in [1.54, 1.807) is 6.92 Å². The fourth-order valence-corrected chi connectivity index (χ4v) is 4.86. The Morgan fingerprint density at radius 3 is 2.42 bits per heavy atom. The quantitative estimate of drug-likeness (QED) is 0.350. The van der Waals surface area contributed by atoms with Gasteiger partial charge in [-0.05, 0) is 55.7 Å². The summed E-state index contributed by atoms with van der Waals surface area (Å²) in [6.07, 6.45) is -1.90. The lowest BCUT2D eigenvalue weighted by Crippen LogP contribution is -2.39. The Labute approximate surface area is 229 Å². The van der Waals surface area contributed by atoms with Crippen molar-refractivity contribution in [2.75, 3.05) is 6.54 Å². The number of aromatic nitrogens is 2. The predicted octanol–water partition coefficient (Wildman–Crippen LogP) is 6.49. The van der Waals surface area contributed by atoms with Gasteiger partial charge in [0.15, 0.2) is 11.4 Å². The van der Waals surface area contributed by atoms with Gasteiger partial charge in [-0.1, -0.05) is 33.8 Å². The number of rotatable bonds is 9. The first-order valence-electron chi connectivity index (χ1n) is 13.0. The van der Waals surface area contributed by atoms with Gasteiger partial charge in [-0.25, -0.2) is 4.98 Å². The summed E-state index contributed by atoms with van der Waals surface area (Å²) in [6, 6.07) is 7.91. The molecule has 216 valence electrons. The summed E-state index contributed by atoms with van der Waals surface area (Å²) in [4.78, 5) is 17.5. The highest BCUT2D eigenvalue weighted by atomic mass is 19.4. The fraction of sp³-hybridized carbons (Fsp3) is 0.571. The monoisotopic (exact) mass is 565 g/mol. The van der Waals surface area contributed by atoms with Crippen LogP contribution in [0, 0.1) is 39.4 Å². The number of alkyl halides is 5. The van der Waals surface area contributed by atoms with Crippen molar-refractivity contribution in [1.29, 1.82) is 10.5 Å². The number of imidazole rings is 1. The number of aryl methyl sites for hydroxylation is 1. The van der Waals surface area contributed by atoms with Crippen LogP contribution in [0.2, 0.25) is 0 Å². The van der Waals surface area contributed by atoms with Crippen molar-refractivity contribution in [2.24, 2.45) is 16.7 Å². The van der Waals surface area contributed by atoms with Crippen LogP contribution in [0.3, 0.4) is 0 Å². The fourth-order valence-electron chi connectivity index (χ4n) is 4.86. The first-order chi connectivity index (χ1) is 18.7. The molecule has 0 aliphatic heterocycles. The van der Waals surface area contributed by atoms with E-state index in [-0.39, 0.29) is 41.4 Å². The van der Waals surface area contributed by atoms with Crippen molar-refractivity contribution < 1.29 is 31.5 Å². The molecule has 40 heavy (non-hydrogen) atoms. The Kier molecular flexibility index (Phi) is 9.13. The van der Waals surface area contributed by atoms with E-state index in [1.165, 1.54) is 16.7 Å². The third-order valence-electron chi connectivity index (χ3n) is 7.53. The molecule has 0 unspecified atom stereocenters. The van der Waals surface area contributed by atoms with Crippen LogP contribution in [0.4, 0.5) is 22.0 Å². The van der Waals surface area contributed by atoms with E-state index in [2.05, 4.69) is 28.0 Å². The first-order valence-corrected chi connectivity index (χ1v) is 13.0. The van der Waals surface area contributed by atoms with Gasteiger partial charge < -0.3 is 10.1 Å². The van der Waals surface area contributed by atoms with Crippen molar-refractivity contribution in [3.05, 3.63) is 41.0 Å². The number of ether oxygens (including phenoxy) is 1. The zero-order chi connectivity index (χ0) is 29.9. The number of nitrogens with one attached hydrogen (secondary N) is 1. The second kappa shape index (κ2) is 11.8. The number of hydrogen-bond donors (Lipinski definition) is 1. The summed E-state index contributed by atoms with van der Waals surface area (Å²) >= 11 is 0. The highest BCUT2D eigenvalue weighted by Crippen LogP contribution is 2.41. The van der Waals surface area contributed by atoms with E-state index in [1.807, 2.05) is 6.07 Å². The molecule has 1 heterocycles. The third-order valence-corrected chi connectivity index (χ3v) is 7.53. The minimum absolute atomic E-state index is 0.0661. The van der Waals surface area contributed by atoms with Gasteiger partial charge in [-0.3, -0.25) is 9.36 Å². The topological polar surface area (TPSA) is 104 Å². The number of benzene rings is 1. The highest BCUT2D eigenvalue weighted by Gasteiger charge is 2.47. The molecule has 1 aromatic carbocycles. The van der Waals surface area contributed by atoms with Crippen LogP contribution in [0.15, 0.2) is 18.2 Å². The summed E-state index contributed by atoms with van der Waals surface area (Å²) in [5.41, 5.74) is -3.34. The number of nitrogens with zero attached hydrogens (tertiary/aromatic N) is 4. The van der Waals surface area contributed by atoms with Crippen molar-refractivity contribution in [2.45, 2.75) is 79.0 Å². The largest absolute Gasteiger partial charge is 0.433 e. The number of halogens is 5. The maximum Gasteiger partial charge on any atom is 0.394 e. The van der Waals surface area contributed by atoms with Crippen molar-refractivity contribution in [3.63, 3.8) is 0 Å². The molecule has 2 aromatic rings. The van der Waals surface area contributed by atoms with E-state index in [4.69, 9.17) is 0 Å². The van der Waals surface area contributed by atoms with Crippen LogP contribution in [0.25, 0.3) is 5.69 Å². The number of carbonyl (C=O) groups excluding carboxylic acids is 1. The Morgan fingerprint density at radius 2 is 1.90 bits per heavy atom. The van der Waals surface area contributed by atoms with E-state index >= 15 is 0 Å². The van der Waals surface area contributed by atoms with E-state index in [0.717, 1.165) is 32.8 Å². The SMILES string of the molecule is CCc1nc(C(=O)NCC2(C#N)CCC(C)CC2)c(C#N)n1-c1ccc(CC(C)(C)C(F)(F)F)cc1OC(F)F. The summed E-state index contributed by atoms with van der Waals surface area (Å²) in [5.74, 6) is -0.481. The molecule has 1 N–H and O–H groups in total. The number of amides is 1. The Balaban J connectivity index is 2.01. The molecule has 0 atom stereocenters. The lowest BCUT2D eigenvalue weighted by molar-refractivity contribution is -0.211. The van der Waals surface area contributed by atoms with E-state index in [9.17, 15) is 37.3 Å². The second-order valence-electron chi connectivity index (χ2n) is 11.0. The molecule has 3 rings (SSSR count). The summed E-state index contributed by atoms with van der Waals surface area (Å²) < 4.78 is 72.9. The van der Waals surface area contributed by atoms with E-state index in [0.29, 0.717) is 18.8 Å². The minimum atomic E-state index is -4.54. The van der Waals surface area contributed by atoms with Crippen LogP contribution >= 0.6 is 0 Å². The Morgan fingerprint density at radius 1 is 1.25 bits per heavy atom. The Hall–Kier alpha value is -3.67. The number of carbonyl (C=O) groups is 1. The Bertz CT molecular complexity index is 1310. The average molecular weight is 566 g/mol. The molecule has 1 amide bonds. The van der Waals surface area contributed by atoms with Gasteiger partial charge in [0, 0.05) is 13.0 Å². The highest BCUT2D eigenvalue weighted by molar-refractivity contribution is 5.94. The normalized spacial score (nSPS) is 19.6. The molecule has 0 radical (unpaired) electrons. The first kappa shape index (κ1) is 30.9. The lowest BCUT2D eigenvalue weighted by Gasteiger charge is -2.33. The minimum Gasteiger partial charge on any atom is -0.433 e. The number of hydrogen-bond acceptors (Lipinski definition) is 5. The van der Waals surface area contributed by atoms with Crippen molar-refractivity contribution in [3.8, 4) is 23.6 Å². The van der Waals surface area contributed by atoms with Gasteiger partial charge in [0.25, 0.3) is 5.91 Å². The second-order valence-corrected chi connectivity index (χ2v) is 11.0. The molecule has 1 saturated carbocycles. The summed E-state index contributed by atoms with van der Waals surface area (Å²) in [7, 11) is 0. The molecular weight excluding hydrogens is 533 g/mol. The van der Waals surface area contributed by atoms with Gasteiger partial charge in [-0.15, -0.1) is 0 Å².